The standard InChI is InChI=1S/C39H47ClN6O2/c1-4-5-17-38-42-39(40)36(46(38)28-31-18-19-34(33(26-31)27-41)32-13-7-6-8-14-32)29-45(30(2)47)21-12-11-20-43-22-24-44(25-23-43)35-15-9-10-16-37(35)48-3/h6-10,13-16,18-19,26H,4-5,11-12,17,20-25,28-29H2,1-3H3. The van der Waals surface area contributed by atoms with E-state index >= 15 is 0 Å². The van der Waals surface area contributed by atoms with Gasteiger partial charge >= 0.3 is 0 Å². The van der Waals surface area contributed by atoms with E-state index in [-0.39, 0.29) is 5.91 Å². The van der Waals surface area contributed by atoms with Gasteiger partial charge in [0.05, 0.1) is 36.7 Å². The molecule has 1 amide bonds. The minimum Gasteiger partial charge on any atom is -0.495 e. The molecule has 48 heavy (non-hydrogen) atoms. The van der Waals surface area contributed by atoms with Gasteiger partial charge in [0.1, 0.15) is 11.6 Å². The van der Waals surface area contributed by atoms with Crippen LogP contribution in [0.25, 0.3) is 11.1 Å². The van der Waals surface area contributed by atoms with Gasteiger partial charge in [0, 0.05) is 52.6 Å². The SMILES string of the molecule is CCCCc1nc(Cl)c(CN(CCCCN2CCN(c3ccccc3OC)CC2)C(C)=O)n1Cc1ccc(-c2ccccc2)c(C#N)c1. The first-order valence-electron chi connectivity index (χ1n) is 17.1. The largest absolute Gasteiger partial charge is 0.495 e. The lowest BCUT2D eigenvalue weighted by molar-refractivity contribution is -0.129. The van der Waals surface area contributed by atoms with Crippen molar-refractivity contribution in [3.05, 3.63) is 101 Å². The summed E-state index contributed by atoms with van der Waals surface area (Å²) in [7, 11) is 1.72. The highest BCUT2D eigenvalue weighted by Gasteiger charge is 2.22. The fraction of sp³-hybridized carbons (Fsp3) is 0.410. The van der Waals surface area contributed by atoms with Crippen molar-refractivity contribution in [1.82, 2.24) is 19.4 Å². The minimum absolute atomic E-state index is 0.0262. The summed E-state index contributed by atoms with van der Waals surface area (Å²) < 4.78 is 7.73. The Hall–Kier alpha value is -4.32. The van der Waals surface area contributed by atoms with Crippen molar-refractivity contribution in [3.63, 3.8) is 0 Å². The van der Waals surface area contributed by atoms with Crippen LogP contribution in [0.3, 0.4) is 0 Å². The molecule has 252 valence electrons. The van der Waals surface area contributed by atoms with Gasteiger partial charge in [-0.25, -0.2) is 4.98 Å². The monoisotopic (exact) mass is 666 g/mol. The number of hydrogen-bond donors (Lipinski definition) is 0. The molecular weight excluding hydrogens is 620 g/mol. The van der Waals surface area contributed by atoms with Gasteiger partial charge in [0.15, 0.2) is 5.15 Å². The highest BCUT2D eigenvalue weighted by Crippen LogP contribution is 2.29. The normalized spacial score (nSPS) is 13.4. The van der Waals surface area contributed by atoms with Crippen molar-refractivity contribution in [2.75, 3.05) is 51.3 Å². The molecule has 4 aromatic rings. The number of aryl methyl sites for hydroxylation is 1. The first kappa shape index (κ1) is 35.0. The number of piperazine rings is 1. The average molecular weight is 667 g/mol. The number of aromatic nitrogens is 2. The number of ether oxygens (including phenoxy) is 1. The predicted octanol–water partition coefficient (Wildman–Crippen LogP) is 7.43. The fourth-order valence-electron chi connectivity index (χ4n) is 6.47. The van der Waals surface area contributed by atoms with Crippen LogP contribution in [0.2, 0.25) is 5.15 Å². The van der Waals surface area contributed by atoms with E-state index in [0.29, 0.717) is 30.4 Å². The summed E-state index contributed by atoms with van der Waals surface area (Å²) in [6, 6.07) is 26.6. The Bertz CT molecular complexity index is 1690. The lowest BCUT2D eigenvalue weighted by Crippen LogP contribution is -2.46. The summed E-state index contributed by atoms with van der Waals surface area (Å²) in [6.07, 6.45) is 4.75. The van der Waals surface area contributed by atoms with Crippen LogP contribution in [0, 0.1) is 11.3 Å². The molecule has 0 aliphatic carbocycles. The molecule has 0 unspecified atom stereocenters. The third kappa shape index (κ3) is 8.77. The molecule has 2 heterocycles. The van der Waals surface area contributed by atoms with Crippen molar-refractivity contribution in [2.24, 2.45) is 0 Å². The van der Waals surface area contributed by atoms with Gasteiger partial charge in [0.25, 0.3) is 0 Å². The molecule has 8 nitrogen and oxygen atoms in total. The third-order valence-corrected chi connectivity index (χ3v) is 9.53. The quantitative estimate of drug-likeness (QED) is 0.123. The van der Waals surface area contributed by atoms with Crippen LogP contribution in [0.4, 0.5) is 5.69 Å². The third-order valence-electron chi connectivity index (χ3n) is 9.22. The van der Waals surface area contributed by atoms with Crippen molar-refractivity contribution in [2.45, 2.75) is 59.0 Å². The molecule has 0 atom stereocenters. The number of halogens is 1. The van der Waals surface area contributed by atoms with Crippen LogP contribution in [0.5, 0.6) is 5.75 Å². The Morgan fingerprint density at radius 1 is 1.00 bits per heavy atom. The number of hydrogen-bond acceptors (Lipinski definition) is 6. The highest BCUT2D eigenvalue weighted by molar-refractivity contribution is 6.30. The maximum absolute atomic E-state index is 12.9. The Morgan fingerprint density at radius 2 is 1.75 bits per heavy atom. The molecule has 0 saturated carbocycles. The Kier molecular flexibility index (Phi) is 12.5. The molecule has 9 heteroatoms. The van der Waals surface area contributed by atoms with E-state index in [9.17, 15) is 10.1 Å². The number of benzene rings is 3. The molecular formula is C39H47ClN6O2. The molecule has 1 aromatic heterocycles. The molecule has 1 aliphatic heterocycles. The molecule has 3 aromatic carbocycles. The van der Waals surface area contributed by atoms with Gasteiger partial charge in [-0.15, -0.1) is 0 Å². The Labute approximate surface area is 290 Å². The van der Waals surface area contributed by atoms with Crippen LogP contribution in [0.1, 0.15) is 62.2 Å². The predicted molar refractivity (Wildman–Crippen MR) is 194 cm³/mol. The molecule has 1 aliphatic rings. The van der Waals surface area contributed by atoms with Crippen LogP contribution in [-0.2, 0) is 24.3 Å². The molecule has 0 spiro atoms. The zero-order valence-corrected chi connectivity index (χ0v) is 29.3. The van der Waals surface area contributed by atoms with Crippen molar-refractivity contribution in [3.8, 4) is 22.9 Å². The average Bonchev–Trinajstić information content (AvgIpc) is 3.41. The van der Waals surface area contributed by atoms with Gasteiger partial charge in [-0.2, -0.15) is 5.26 Å². The summed E-state index contributed by atoms with van der Waals surface area (Å²) in [5.74, 6) is 1.86. The number of carbonyl (C=O) groups is 1. The molecule has 0 radical (unpaired) electrons. The van der Waals surface area contributed by atoms with Crippen LogP contribution >= 0.6 is 11.6 Å². The number of unbranched alkanes of at least 4 members (excludes halogenated alkanes) is 2. The number of nitrogens with zero attached hydrogens (tertiary/aromatic N) is 6. The molecule has 1 fully saturated rings. The van der Waals surface area contributed by atoms with Gasteiger partial charge in [-0.05, 0) is 60.7 Å². The fourth-order valence-corrected chi connectivity index (χ4v) is 6.73. The summed E-state index contributed by atoms with van der Waals surface area (Å²) in [4.78, 5) is 24.4. The van der Waals surface area contributed by atoms with Gasteiger partial charge in [0.2, 0.25) is 5.91 Å². The van der Waals surface area contributed by atoms with E-state index in [1.807, 2.05) is 59.5 Å². The topological polar surface area (TPSA) is 77.6 Å². The van der Waals surface area contributed by atoms with Crippen molar-refractivity contribution < 1.29 is 9.53 Å². The lowest BCUT2D eigenvalue weighted by atomic mass is 9.98. The van der Waals surface area contributed by atoms with Gasteiger partial charge in [-0.3, -0.25) is 9.69 Å². The Morgan fingerprint density at radius 3 is 2.46 bits per heavy atom. The Balaban J connectivity index is 1.22. The summed E-state index contributed by atoms with van der Waals surface area (Å²) in [6.45, 7) is 10.3. The number of anilines is 1. The van der Waals surface area contributed by atoms with E-state index in [1.54, 1.807) is 14.0 Å². The molecule has 1 saturated heterocycles. The van der Waals surface area contributed by atoms with E-state index < -0.39 is 0 Å². The minimum atomic E-state index is 0.0262. The summed E-state index contributed by atoms with van der Waals surface area (Å²) in [5.41, 5.74) is 5.56. The van der Waals surface area contributed by atoms with E-state index in [4.69, 9.17) is 21.3 Å². The van der Waals surface area contributed by atoms with Crippen molar-refractivity contribution >= 4 is 23.2 Å². The van der Waals surface area contributed by atoms with Crippen LogP contribution < -0.4 is 9.64 Å². The number of imidazole rings is 1. The van der Waals surface area contributed by atoms with Crippen LogP contribution in [-0.4, -0.2) is 71.6 Å². The molecule has 0 N–H and O–H groups in total. The molecule has 5 rings (SSSR count). The van der Waals surface area contributed by atoms with E-state index in [1.165, 1.54) is 0 Å². The molecule has 0 bridgehead atoms. The van der Waals surface area contributed by atoms with E-state index in [0.717, 1.165) is 104 Å². The second-order valence-corrected chi connectivity index (χ2v) is 12.8. The second-order valence-electron chi connectivity index (χ2n) is 12.5. The number of methoxy groups -OCH3 is 1. The number of para-hydroxylation sites is 2. The van der Waals surface area contributed by atoms with Gasteiger partial charge < -0.3 is 19.1 Å². The number of nitriles is 1. The zero-order chi connectivity index (χ0) is 33.9. The second kappa shape index (κ2) is 17.2. The lowest BCUT2D eigenvalue weighted by Gasteiger charge is -2.36. The maximum Gasteiger partial charge on any atom is 0.219 e. The number of rotatable bonds is 15. The van der Waals surface area contributed by atoms with Gasteiger partial charge in [-0.1, -0.05) is 79.5 Å². The first-order chi connectivity index (χ1) is 23.4. The zero-order valence-electron chi connectivity index (χ0n) is 28.5. The highest BCUT2D eigenvalue weighted by atomic mass is 35.5. The summed E-state index contributed by atoms with van der Waals surface area (Å²) >= 11 is 6.81. The summed E-state index contributed by atoms with van der Waals surface area (Å²) in [5, 5.41) is 10.4. The number of amides is 1. The van der Waals surface area contributed by atoms with E-state index in [2.05, 4.69) is 45.6 Å². The van der Waals surface area contributed by atoms with Crippen molar-refractivity contribution in [1.29, 1.82) is 5.26 Å². The number of carbonyl (C=O) groups excluding carboxylic acids is 1. The van der Waals surface area contributed by atoms with Crippen LogP contribution in [0.15, 0.2) is 72.8 Å². The maximum atomic E-state index is 12.9. The first-order valence-corrected chi connectivity index (χ1v) is 17.5. The smallest absolute Gasteiger partial charge is 0.219 e.